The number of hydrogen-bond donors (Lipinski definition) is 0. The minimum Gasteiger partial charge on any atom is -0.345 e. The Kier molecular flexibility index (Phi) is 5.21. The molecule has 0 radical (unpaired) electrons. The van der Waals surface area contributed by atoms with Crippen molar-refractivity contribution in [3.05, 3.63) is 71.4 Å². The van der Waals surface area contributed by atoms with Crippen LogP contribution in [-0.4, -0.2) is 34.9 Å². The predicted molar refractivity (Wildman–Crippen MR) is 107 cm³/mol. The van der Waals surface area contributed by atoms with Gasteiger partial charge in [-0.25, -0.2) is 0 Å². The highest BCUT2D eigenvalue weighted by atomic mass is 19.4. The van der Waals surface area contributed by atoms with Crippen LogP contribution < -0.4 is 0 Å². The van der Waals surface area contributed by atoms with Crippen LogP contribution in [0.2, 0.25) is 0 Å². The van der Waals surface area contributed by atoms with E-state index < -0.39 is 17.5 Å². The van der Waals surface area contributed by atoms with Gasteiger partial charge in [-0.3, -0.25) is 4.79 Å². The molecule has 0 spiro atoms. The molecule has 2 heterocycles. The standard InChI is InChI=1S/C23H23F3N2O/c1-27-13-7-6-8-16(27)14-28-15-19(17-9-3-5-12-21(17)28)22(29)18-10-2-4-11-20(18)23(24,25)26/h2-5,9-12,15-16H,6-8,13-14H2,1H3. The highest BCUT2D eigenvalue weighted by Crippen LogP contribution is 2.34. The molecule has 0 aliphatic carbocycles. The maximum Gasteiger partial charge on any atom is 0.417 e. The first kappa shape index (κ1) is 19.7. The first-order valence-electron chi connectivity index (χ1n) is 9.85. The normalized spacial score (nSPS) is 18.3. The number of carbonyl (C=O) groups is 1. The van der Waals surface area contributed by atoms with Gasteiger partial charge in [-0.05, 0) is 38.6 Å². The van der Waals surface area contributed by atoms with Crippen molar-refractivity contribution >= 4 is 16.7 Å². The Hall–Kier alpha value is -2.60. The third kappa shape index (κ3) is 3.81. The number of piperidine rings is 1. The molecule has 1 aliphatic heterocycles. The van der Waals surface area contributed by atoms with E-state index in [1.807, 2.05) is 22.8 Å². The maximum absolute atomic E-state index is 13.4. The molecule has 0 amide bonds. The fourth-order valence-corrected chi connectivity index (χ4v) is 4.25. The molecule has 1 fully saturated rings. The number of nitrogens with zero attached hydrogens (tertiary/aromatic N) is 2. The van der Waals surface area contributed by atoms with Crippen molar-refractivity contribution in [3.63, 3.8) is 0 Å². The van der Waals surface area contributed by atoms with Gasteiger partial charge in [-0.15, -0.1) is 0 Å². The number of alkyl halides is 3. The van der Waals surface area contributed by atoms with Gasteiger partial charge in [0.25, 0.3) is 0 Å². The number of likely N-dealkylation sites (tertiary alicyclic amines) is 1. The van der Waals surface area contributed by atoms with Crippen molar-refractivity contribution in [1.82, 2.24) is 9.47 Å². The summed E-state index contributed by atoms with van der Waals surface area (Å²) in [6.07, 6.45) is 0.567. The Labute approximate surface area is 167 Å². The fourth-order valence-electron chi connectivity index (χ4n) is 4.25. The molecule has 0 N–H and O–H groups in total. The Morgan fingerprint density at radius 2 is 1.76 bits per heavy atom. The third-order valence-electron chi connectivity index (χ3n) is 5.84. The van der Waals surface area contributed by atoms with Crippen LogP contribution in [-0.2, 0) is 12.7 Å². The smallest absolute Gasteiger partial charge is 0.345 e. The zero-order valence-electron chi connectivity index (χ0n) is 16.2. The second-order valence-corrected chi connectivity index (χ2v) is 7.71. The Balaban J connectivity index is 1.77. The van der Waals surface area contributed by atoms with Crippen molar-refractivity contribution in [2.75, 3.05) is 13.6 Å². The number of rotatable bonds is 4. The quantitative estimate of drug-likeness (QED) is 0.550. The van der Waals surface area contributed by atoms with Crippen molar-refractivity contribution in [2.45, 2.75) is 38.0 Å². The largest absolute Gasteiger partial charge is 0.417 e. The van der Waals surface area contributed by atoms with E-state index in [1.54, 1.807) is 12.3 Å². The number of aromatic nitrogens is 1. The van der Waals surface area contributed by atoms with E-state index in [1.165, 1.54) is 31.0 Å². The summed E-state index contributed by atoms with van der Waals surface area (Å²) < 4.78 is 42.3. The number of halogens is 3. The lowest BCUT2D eigenvalue weighted by molar-refractivity contribution is -0.137. The molecule has 1 unspecified atom stereocenters. The Morgan fingerprint density at radius 3 is 2.52 bits per heavy atom. The minimum absolute atomic E-state index is 0.308. The van der Waals surface area contributed by atoms with Crippen LogP contribution in [0.25, 0.3) is 10.9 Å². The number of carbonyl (C=O) groups excluding carboxylic acids is 1. The lowest BCUT2D eigenvalue weighted by atomic mass is 9.98. The SMILES string of the molecule is CN1CCCCC1Cn1cc(C(=O)c2ccccc2C(F)(F)F)c2ccccc21. The van der Waals surface area contributed by atoms with E-state index in [2.05, 4.69) is 11.9 Å². The molecule has 2 aromatic carbocycles. The van der Waals surface area contributed by atoms with Crippen LogP contribution in [0.3, 0.4) is 0 Å². The number of benzene rings is 2. The summed E-state index contributed by atoms with van der Waals surface area (Å²) in [6.45, 7) is 1.75. The summed E-state index contributed by atoms with van der Waals surface area (Å²) in [5.74, 6) is -0.593. The molecule has 1 saturated heterocycles. The Bertz CT molecular complexity index is 1040. The minimum atomic E-state index is -4.57. The summed E-state index contributed by atoms with van der Waals surface area (Å²) in [7, 11) is 2.10. The summed E-state index contributed by atoms with van der Waals surface area (Å²) in [4.78, 5) is 15.5. The molecular formula is C23H23F3N2O. The van der Waals surface area contributed by atoms with Gasteiger partial charge < -0.3 is 9.47 Å². The van der Waals surface area contributed by atoms with Gasteiger partial charge in [-0.2, -0.15) is 13.2 Å². The van der Waals surface area contributed by atoms with Gasteiger partial charge in [0, 0.05) is 40.8 Å². The number of hydrogen-bond acceptors (Lipinski definition) is 2. The van der Waals surface area contributed by atoms with Gasteiger partial charge in [-0.1, -0.05) is 42.8 Å². The van der Waals surface area contributed by atoms with Crippen LogP contribution in [0.5, 0.6) is 0 Å². The Morgan fingerprint density at radius 1 is 1.03 bits per heavy atom. The van der Waals surface area contributed by atoms with Crippen LogP contribution >= 0.6 is 0 Å². The highest BCUT2D eigenvalue weighted by molar-refractivity contribution is 6.17. The van der Waals surface area contributed by atoms with E-state index in [9.17, 15) is 18.0 Å². The summed E-state index contributed by atoms with van der Waals surface area (Å²) in [5, 5.41) is 0.688. The second kappa shape index (κ2) is 7.67. The van der Waals surface area contributed by atoms with Gasteiger partial charge in [0.15, 0.2) is 5.78 Å². The zero-order chi connectivity index (χ0) is 20.6. The number of ketones is 1. The average Bonchev–Trinajstić information content (AvgIpc) is 3.07. The molecule has 0 saturated carbocycles. The van der Waals surface area contributed by atoms with Crippen LogP contribution in [0.1, 0.15) is 40.7 Å². The molecular weight excluding hydrogens is 377 g/mol. The van der Waals surface area contributed by atoms with Gasteiger partial charge >= 0.3 is 6.18 Å². The van der Waals surface area contributed by atoms with Crippen molar-refractivity contribution < 1.29 is 18.0 Å². The van der Waals surface area contributed by atoms with E-state index in [4.69, 9.17) is 0 Å². The molecule has 4 rings (SSSR count). The molecule has 152 valence electrons. The molecule has 0 bridgehead atoms. The monoisotopic (exact) mass is 400 g/mol. The summed E-state index contributed by atoms with van der Waals surface area (Å²) in [6, 6.07) is 12.8. The second-order valence-electron chi connectivity index (χ2n) is 7.71. The molecule has 6 heteroatoms. The van der Waals surface area contributed by atoms with Gasteiger partial charge in [0.1, 0.15) is 0 Å². The summed E-state index contributed by atoms with van der Waals surface area (Å²) in [5.41, 5.74) is -0.0124. The van der Waals surface area contributed by atoms with Gasteiger partial charge in [0.05, 0.1) is 5.56 Å². The third-order valence-corrected chi connectivity index (χ3v) is 5.84. The molecule has 29 heavy (non-hydrogen) atoms. The van der Waals surface area contributed by atoms with E-state index in [0.29, 0.717) is 23.5 Å². The van der Waals surface area contributed by atoms with Crippen LogP contribution in [0.4, 0.5) is 13.2 Å². The van der Waals surface area contributed by atoms with E-state index in [0.717, 1.165) is 24.5 Å². The van der Waals surface area contributed by atoms with Gasteiger partial charge in [0.2, 0.25) is 0 Å². The van der Waals surface area contributed by atoms with Crippen molar-refractivity contribution in [1.29, 1.82) is 0 Å². The number of fused-ring (bicyclic) bond motifs is 1. The van der Waals surface area contributed by atoms with Crippen LogP contribution in [0, 0.1) is 0 Å². The topological polar surface area (TPSA) is 25.2 Å². The van der Waals surface area contributed by atoms with Crippen LogP contribution in [0.15, 0.2) is 54.7 Å². The molecule has 3 aromatic rings. The zero-order valence-corrected chi connectivity index (χ0v) is 16.2. The fraction of sp³-hybridized carbons (Fsp3) is 0.348. The average molecular weight is 400 g/mol. The molecule has 1 aromatic heterocycles. The molecule has 3 nitrogen and oxygen atoms in total. The predicted octanol–water partition coefficient (Wildman–Crippen LogP) is 5.38. The summed E-state index contributed by atoms with van der Waals surface area (Å²) >= 11 is 0. The maximum atomic E-state index is 13.4. The van der Waals surface area contributed by atoms with E-state index >= 15 is 0 Å². The molecule has 1 aliphatic rings. The van der Waals surface area contributed by atoms with Crippen molar-refractivity contribution in [3.8, 4) is 0 Å². The van der Waals surface area contributed by atoms with E-state index in [-0.39, 0.29) is 5.56 Å². The number of para-hydroxylation sites is 1. The van der Waals surface area contributed by atoms with Crippen molar-refractivity contribution in [2.24, 2.45) is 0 Å². The lowest BCUT2D eigenvalue weighted by Gasteiger charge is -2.32. The first-order valence-corrected chi connectivity index (χ1v) is 9.85. The number of likely N-dealkylation sites (N-methyl/N-ethyl adjacent to an activating group) is 1. The lowest BCUT2D eigenvalue weighted by Crippen LogP contribution is -2.39. The highest BCUT2D eigenvalue weighted by Gasteiger charge is 2.35. The molecule has 1 atom stereocenters. The first-order chi connectivity index (χ1) is 13.9.